The molecule has 2 aromatic carbocycles. The molecule has 0 spiro atoms. The zero-order valence-electron chi connectivity index (χ0n) is 14.7. The fraction of sp³-hybridized carbons (Fsp3) is 0.105. The molecule has 1 heterocycles. The highest BCUT2D eigenvalue weighted by Gasteiger charge is 2.15. The highest BCUT2D eigenvalue weighted by Crippen LogP contribution is 2.27. The molecule has 0 aliphatic heterocycles. The number of benzene rings is 2. The van der Waals surface area contributed by atoms with Gasteiger partial charge in [0.15, 0.2) is 0 Å². The Morgan fingerprint density at radius 2 is 1.96 bits per heavy atom. The first kappa shape index (κ1) is 18.4. The summed E-state index contributed by atoms with van der Waals surface area (Å²) in [5.74, 6) is -1.17. The molecule has 0 fully saturated rings. The standard InChI is InChI=1S/C19H17N3O4S/c1-4-17(24)20-11-5-6-15(23)12(8-11)18(25)21-13-9-16-14(7-10(13)2)22(3)19(26)27-16/h4-9,23H,1H2,2-3H3,(H,20,24)(H,21,25). The van der Waals surface area contributed by atoms with Gasteiger partial charge in [0.05, 0.1) is 15.8 Å². The van der Waals surface area contributed by atoms with Crippen LogP contribution < -0.4 is 15.5 Å². The number of fused-ring (bicyclic) bond motifs is 1. The van der Waals surface area contributed by atoms with Gasteiger partial charge in [0, 0.05) is 18.4 Å². The van der Waals surface area contributed by atoms with Gasteiger partial charge >= 0.3 is 4.87 Å². The Balaban J connectivity index is 1.93. The number of phenols is 1. The Morgan fingerprint density at radius 1 is 1.22 bits per heavy atom. The molecule has 0 saturated heterocycles. The van der Waals surface area contributed by atoms with Crippen LogP contribution in [0.4, 0.5) is 11.4 Å². The van der Waals surface area contributed by atoms with Crippen LogP contribution in [0.15, 0.2) is 47.8 Å². The summed E-state index contributed by atoms with van der Waals surface area (Å²) in [5, 5.41) is 15.3. The molecule has 0 saturated carbocycles. The largest absolute Gasteiger partial charge is 0.507 e. The van der Waals surface area contributed by atoms with Crippen LogP contribution in [0.1, 0.15) is 15.9 Å². The molecular weight excluding hydrogens is 366 g/mol. The molecule has 0 bridgehead atoms. The summed E-state index contributed by atoms with van der Waals surface area (Å²) in [4.78, 5) is 35.8. The highest BCUT2D eigenvalue weighted by atomic mass is 32.1. The third-order valence-electron chi connectivity index (χ3n) is 4.08. The van der Waals surface area contributed by atoms with Crippen LogP contribution in [0.5, 0.6) is 5.75 Å². The van der Waals surface area contributed by atoms with E-state index in [1.807, 2.05) is 13.0 Å². The number of carbonyl (C=O) groups excluding carboxylic acids is 2. The lowest BCUT2D eigenvalue weighted by Crippen LogP contribution is -2.14. The molecule has 138 valence electrons. The highest BCUT2D eigenvalue weighted by molar-refractivity contribution is 7.16. The number of hydrogen-bond donors (Lipinski definition) is 3. The van der Waals surface area contributed by atoms with E-state index in [0.29, 0.717) is 11.4 Å². The SMILES string of the molecule is C=CC(=O)Nc1ccc(O)c(C(=O)Nc2cc3sc(=O)n(C)c3cc2C)c1. The fourth-order valence-corrected chi connectivity index (χ4v) is 3.49. The van der Waals surface area contributed by atoms with E-state index in [1.165, 1.54) is 18.2 Å². The molecule has 7 nitrogen and oxygen atoms in total. The number of hydrogen-bond acceptors (Lipinski definition) is 5. The predicted octanol–water partition coefficient (Wildman–Crippen LogP) is 2.99. The number of nitrogens with zero attached hydrogens (tertiary/aromatic N) is 1. The molecular formula is C19H17N3O4S. The molecule has 1 aromatic heterocycles. The number of thiazole rings is 1. The maximum absolute atomic E-state index is 12.6. The van der Waals surface area contributed by atoms with Crippen molar-refractivity contribution in [3.63, 3.8) is 0 Å². The van der Waals surface area contributed by atoms with Gasteiger partial charge in [0.1, 0.15) is 5.75 Å². The monoisotopic (exact) mass is 383 g/mol. The Morgan fingerprint density at radius 3 is 2.67 bits per heavy atom. The predicted molar refractivity (Wildman–Crippen MR) is 107 cm³/mol. The van der Waals surface area contributed by atoms with Gasteiger partial charge in [0.25, 0.3) is 5.91 Å². The number of aryl methyl sites for hydroxylation is 2. The Hall–Kier alpha value is -3.39. The van der Waals surface area contributed by atoms with Gasteiger partial charge in [-0.2, -0.15) is 0 Å². The van der Waals surface area contributed by atoms with E-state index in [2.05, 4.69) is 17.2 Å². The van der Waals surface area contributed by atoms with E-state index in [1.54, 1.807) is 17.7 Å². The zero-order chi connectivity index (χ0) is 19.7. The van der Waals surface area contributed by atoms with Gasteiger partial charge in [-0.15, -0.1) is 0 Å². The molecule has 0 unspecified atom stereocenters. The Bertz CT molecular complexity index is 1140. The number of rotatable bonds is 4. The van der Waals surface area contributed by atoms with Crippen LogP contribution in [0.2, 0.25) is 0 Å². The molecule has 0 aliphatic carbocycles. The molecule has 3 rings (SSSR count). The van der Waals surface area contributed by atoms with Gasteiger partial charge in [-0.3, -0.25) is 14.4 Å². The second kappa shape index (κ2) is 7.08. The van der Waals surface area contributed by atoms with Crippen molar-refractivity contribution < 1.29 is 14.7 Å². The van der Waals surface area contributed by atoms with Crippen molar-refractivity contribution in [3.8, 4) is 5.75 Å². The van der Waals surface area contributed by atoms with E-state index in [0.717, 1.165) is 33.2 Å². The van der Waals surface area contributed by atoms with Gasteiger partial charge < -0.3 is 20.3 Å². The van der Waals surface area contributed by atoms with Crippen LogP contribution in [-0.4, -0.2) is 21.5 Å². The van der Waals surface area contributed by atoms with Gasteiger partial charge in [-0.1, -0.05) is 17.9 Å². The summed E-state index contributed by atoms with van der Waals surface area (Å²) in [6.07, 6.45) is 1.11. The number of anilines is 2. The minimum absolute atomic E-state index is 0.0117. The Kier molecular flexibility index (Phi) is 4.83. The molecule has 0 radical (unpaired) electrons. The average Bonchev–Trinajstić information content (AvgIpc) is 2.90. The third-order valence-corrected chi connectivity index (χ3v) is 5.08. The van der Waals surface area contributed by atoms with Crippen LogP contribution in [0.3, 0.4) is 0 Å². The zero-order valence-corrected chi connectivity index (χ0v) is 15.5. The molecule has 3 N–H and O–H groups in total. The lowest BCUT2D eigenvalue weighted by atomic mass is 10.1. The number of nitrogens with one attached hydrogen (secondary N) is 2. The lowest BCUT2D eigenvalue weighted by Gasteiger charge is -2.11. The van der Waals surface area contributed by atoms with Crippen LogP contribution >= 0.6 is 11.3 Å². The van der Waals surface area contributed by atoms with Gasteiger partial charge in [0.2, 0.25) is 5.91 Å². The maximum Gasteiger partial charge on any atom is 0.307 e. The van der Waals surface area contributed by atoms with Crippen molar-refractivity contribution in [2.24, 2.45) is 7.05 Å². The van der Waals surface area contributed by atoms with E-state index in [-0.39, 0.29) is 16.2 Å². The third kappa shape index (κ3) is 3.61. The van der Waals surface area contributed by atoms with Crippen molar-refractivity contribution in [1.29, 1.82) is 0 Å². The minimum Gasteiger partial charge on any atom is -0.507 e. The topological polar surface area (TPSA) is 100 Å². The maximum atomic E-state index is 12.6. The van der Waals surface area contributed by atoms with Crippen molar-refractivity contribution >= 4 is 44.7 Å². The molecule has 3 aromatic rings. The second-order valence-corrected chi connectivity index (χ2v) is 6.93. The van der Waals surface area contributed by atoms with Crippen molar-refractivity contribution in [2.75, 3.05) is 10.6 Å². The molecule has 0 aliphatic rings. The summed E-state index contributed by atoms with van der Waals surface area (Å²) >= 11 is 1.09. The van der Waals surface area contributed by atoms with Crippen molar-refractivity contribution in [1.82, 2.24) is 4.57 Å². The van der Waals surface area contributed by atoms with E-state index in [9.17, 15) is 19.5 Å². The minimum atomic E-state index is -0.534. The molecule has 0 atom stereocenters. The average molecular weight is 383 g/mol. The lowest BCUT2D eigenvalue weighted by molar-refractivity contribution is -0.111. The summed E-state index contributed by atoms with van der Waals surface area (Å²) in [7, 11) is 1.69. The first-order chi connectivity index (χ1) is 12.8. The van der Waals surface area contributed by atoms with Gasteiger partial charge in [-0.05, 0) is 48.9 Å². The van der Waals surface area contributed by atoms with Crippen molar-refractivity contribution in [2.45, 2.75) is 6.92 Å². The van der Waals surface area contributed by atoms with E-state index >= 15 is 0 Å². The summed E-state index contributed by atoms with van der Waals surface area (Å²) in [6, 6.07) is 7.73. The summed E-state index contributed by atoms with van der Waals surface area (Å²) < 4.78 is 2.30. The van der Waals surface area contributed by atoms with E-state index in [4.69, 9.17) is 0 Å². The first-order valence-corrected chi connectivity index (χ1v) is 8.79. The number of amides is 2. The van der Waals surface area contributed by atoms with E-state index < -0.39 is 11.8 Å². The second-order valence-electron chi connectivity index (χ2n) is 5.94. The fourth-order valence-electron chi connectivity index (χ4n) is 2.59. The quantitative estimate of drug-likeness (QED) is 0.476. The van der Waals surface area contributed by atoms with Crippen molar-refractivity contribution in [3.05, 3.63) is 63.8 Å². The van der Waals surface area contributed by atoms with Gasteiger partial charge in [-0.25, -0.2) is 0 Å². The first-order valence-electron chi connectivity index (χ1n) is 7.98. The molecule has 27 heavy (non-hydrogen) atoms. The summed E-state index contributed by atoms with van der Waals surface area (Å²) in [5.41, 5.74) is 2.47. The Labute approximate surface area is 158 Å². The van der Waals surface area contributed by atoms with Crippen LogP contribution in [0, 0.1) is 6.92 Å². The number of aromatic hydroxyl groups is 1. The molecule has 2 amide bonds. The number of phenolic OH excluding ortho intramolecular Hbond substituents is 1. The van der Waals surface area contributed by atoms with Crippen LogP contribution in [-0.2, 0) is 11.8 Å². The number of aromatic nitrogens is 1. The molecule has 8 heteroatoms. The van der Waals surface area contributed by atoms with Crippen LogP contribution in [0.25, 0.3) is 10.2 Å². The smallest absolute Gasteiger partial charge is 0.307 e. The number of carbonyl (C=O) groups is 2. The summed E-state index contributed by atoms with van der Waals surface area (Å²) in [6.45, 7) is 5.18. The normalized spacial score (nSPS) is 10.6.